The molecule has 1 N–H and O–H groups in total. The Morgan fingerprint density at radius 1 is 1.29 bits per heavy atom. The quantitative estimate of drug-likeness (QED) is 0.330. The molecule has 0 saturated heterocycles. The van der Waals surface area contributed by atoms with E-state index in [1.807, 2.05) is 0 Å². The normalized spacial score (nSPS) is 29.5. The van der Waals surface area contributed by atoms with Crippen LogP contribution < -0.4 is 0 Å². The zero-order valence-corrected chi connectivity index (χ0v) is 9.50. The summed E-state index contributed by atoms with van der Waals surface area (Å²) in [4.78, 5) is 31.3. The summed E-state index contributed by atoms with van der Waals surface area (Å²) in [5.74, 6) is -0.459. The van der Waals surface area contributed by atoms with Crippen LogP contribution in [0.2, 0.25) is 0 Å². The van der Waals surface area contributed by atoms with Crippen LogP contribution >= 0.6 is 0 Å². The number of hydrogen-bond acceptors (Lipinski definition) is 4. The molecular formula is C12H16O5. The minimum Gasteiger partial charge on any atom is -0.481 e. The van der Waals surface area contributed by atoms with Gasteiger partial charge in [-0.1, -0.05) is 12.2 Å². The van der Waals surface area contributed by atoms with Gasteiger partial charge in [-0.25, -0.2) is 4.79 Å². The van der Waals surface area contributed by atoms with Gasteiger partial charge >= 0.3 is 11.9 Å². The lowest BCUT2D eigenvalue weighted by molar-refractivity contribution is -0.277. The molecule has 0 heterocycles. The van der Waals surface area contributed by atoms with E-state index in [0.717, 1.165) is 12.8 Å². The van der Waals surface area contributed by atoms with Crippen molar-refractivity contribution in [1.29, 1.82) is 0 Å². The lowest BCUT2D eigenvalue weighted by atomic mass is 9.94. The van der Waals surface area contributed by atoms with Gasteiger partial charge in [-0.15, -0.1) is 0 Å². The molecule has 1 saturated carbocycles. The summed E-state index contributed by atoms with van der Waals surface area (Å²) in [5, 5.41) is 8.40. The maximum absolute atomic E-state index is 11.6. The number of carbonyl (C=O) groups is 2. The van der Waals surface area contributed by atoms with E-state index in [-0.39, 0.29) is 24.9 Å². The fourth-order valence-electron chi connectivity index (χ4n) is 2.50. The zero-order chi connectivity index (χ0) is 12.3. The number of allylic oxidation sites excluding steroid dienone is 2. The summed E-state index contributed by atoms with van der Waals surface area (Å²) in [7, 11) is 0. The van der Waals surface area contributed by atoms with Gasteiger partial charge < -0.3 is 5.11 Å². The highest BCUT2D eigenvalue weighted by atomic mass is 17.2. The SMILES string of the molecule is O=C(O)CCCOOC(=O)C1CC2C=CC1C2. The molecular weight excluding hydrogens is 224 g/mol. The van der Waals surface area contributed by atoms with Gasteiger partial charge in [-0.2, -0.15) is 4.89 Å². The van der Waals surface area contributed by atoms with Gasteiger partial charge in [-0.3, -0.25) is 9.68 Å². The number of carboxylic acid groups (broad SMARTS) is 1. The number of hydrogen-bond donors (Lipinski definition) is 1. The molecule has 2 aliphatic carbocycles. The average Bonchev–Trinajstić information content (AvgIpc) is 2.89. The molecule has 5 nitrogen and oxygen atoms in total. The molecule has 2 rings (SSSR count). The Morgan fingerprint density at radius 2 is 2.12 bits per heavy atom. The molecule has 0 aromatic rings. The summed E-state index contributed by atoms with van der Waals surface area (Å²) < 4.78 is 0. The smallest absolute Gasteiger partial charge is 0.346 e. The number of fused-ring (bicyclic) bond motifs is 2. The molecule has 3 unspecified atom stereocenters. The third-order valence-electron chi connectivity index (χ3n) is 3.34. The Bertz CT molecular complexity index is 336. The molecule has 2 bridgehead atoms. The van der Waals surface area contributed by atoms with Crippen molar-refractivity contribution in [2.24, 2.45) is 17.8 Å². The lowest BCUT2D eigenvalue weighted by Gasteiger charge is -2.15. The van der Waals surface area contributed by atoms with Crippen molar-refractivity contribution in [3.05, 3.63) is 12.2 Å². The molecule has 0 aliphatic heterocycles. The minimum absolute atomic E-state index is 0.0222. The van der Waals surface area contributed by atoms with Crippen LogP contribution in [0, 0.1) is 17.8 Å². The largest absolute Gasteiger partial charge is 0.481 e. The molecule has 0 radical (unpaired) electrons. The van der Waals surface area contributed by atoms with E-state index in [1.165, 1.54) is 0 Å². The van der Waals surface area contributed by atoms with Gasteiger partial charge in [-0.05, 0) is 31.1 Å². The molecule has 1 fully saturated rings. The first-order valence-electron chi connectivity index (χ1n) is 5.90. The molecule has 0 spiro atoms. The summed E-state index contributed by atoms with van der Waals surface area (Å²) in [6.07, 6.45) is 6.48. The summed E-state index contributed by atoms with van der Waals surface area (Å²) in [6, 6.07) is 0. The van der Waals surface area contributed by atoms with E-state index in [0.29, 0.717) is 18.3 Å². The highest BCUT2D eigenvalue weighted by Crippen LogP contribution is 2.43. The maximum Gasteiger partial charge on any atom is 0.346 e. The van der Waals surface area contributed by atoms with Crippen LogP contribution in [-0.4, -0.2) is 23.7 Å². The summed E-state index contributed by atoms with van der Waals surface area (Å²) >= 11 is 0. The first-order chi connectivity index (χ1) is 8.16. The van der Waals surface area contributed by atoms with Crippen LogP contribution in [0.1, 0.15) is 25.7 Å². The van der Waals surface area contributed by atoms with Gasteiger partial charge in [0, 0.05) is 6.42 Å². The average molecular weight is 240 g/mol. The minimum atomic E-state index is -0.877. The highest BCUT2D eigenvalue weighted by molar-refractivity contribution is 5.73. The molecule has 94 valence electrons. The van der Waals surface area contributed by atoms with Gasteiger partial charge in [0.25, 0.3) is 0 Å². The van der Waals surface area contributed by atoms with Crippen LogP contribution in [0.25, 0.3) is 0 Å². The van der Waals surface area contributed by atoms with Crippen molar-refractivity contribution in [1.82, 2.24) is 0 Å². The Labute approximate surface area is 99.3 Å². The van der Waals surface area contributed by atoms with E-state index >= 15 is 0 Å². The van der Waals surface area contributed by atoms with E-state index < -0.39 is 5.97 Å². The third-order valence-corrected chi connectivity index (χ3v) is 3.34. The molecule has 5 heteroatoms. The van der Waals surface area contributed by atoms with E-state index in [2.05, 4.69) is 12.2 Å². The predicted octanol–water partition coefficient (Wildman–Crippen LogP) is 1.54. The number of aliphatic carboxylic acids is 1. The van der Waals surface area contributed by atoms with Crippen molar-refractivity contribution >= 4 is 11.9 Å². The van der Waals surface area contributed by atoms with Crippen molar-refractivity contribution in [2.45, 2.75) is 25.7 Å². The first kappa shape index (κ1) is 12.1. The molecule has 0 amide bonds. The fourth-order valence-corrected chi connectivity index (χ4v) is 2.50. The molecule has 0 aromatic heterocycles. The lowest BCUT2D eigenvalue weighted by Crippen LogP contribution is -2.22. The standard InChI is InChI=1S/C12H16O5/c13-11(14)2-1-5-16-17-12(15)10-7-8-3-4-9(10)6-8/h3-4,8-10H,1-2,5-7H2,(H,13,14). The van der Waals surface area contributed by atoms with Gasteiger partial charge in [0.2, 0.25) is 0 Å². The van der Waals surface area contributed by atoms with Crippen molar-refractivity contribution in [2.75, 3.05) is 6.61 Å². The van der Waals surface area contributed by atoms with Crippen molar-refractivity contribution in [3.63, 3.8) is 0 Å². The molecule has 17 heavy (non-hydrogen) atoms. The van der Waals surface area contributed by atoms with Crippen molar-refractivity contribution < 1.29 is 24.5 Å². The second kappa shape index (κ2) is 5.31. The molecule has 2 aliphatic rings. The Hall–Kier alpha value is -1.36. The number of carboxylic acids is 1. The second-order valence-corrected chi connectivity index (χ2v) is 4.61. The number of rotatable bonds is 6. The van der Waals surface area contributed by atoms with Crippen LogP contribution in [0.5, 0.6) is 0 Å². The van der Waals surface area contributed by atoms with E-state index in [4.69, 9.17) is 14.9 Å². The fraction of sp³-hybridized carbons (Fsp3) is 0.667. The first-order valence-corrected chi connectivity index (χ1v) is 5.90. The monoisotopic (exact) mass is 240 g/mol. The van der Waals surface area contributed by atoms with Gasteiger partial charge in [0.1, 0.15) is 0 Å². The highest BCUT2D eigenvalue weighted by Gasteiger charge is 2.41. The second-order valence-electron chi connectivity index (χ2n) is 4.61. The third kappa shape index (κ3) is 3.06. The topological polar surface area (TPSA) is 72.8 Å². The Kier molecular flexibility index (Phi) is 3.78. The predicted molar refractivity (Wildman–Crippen MR) is 57.8 cm³/mol. The Morgan fingerprint density at radius 3 is 2.71 bits per heavy atom. The van der Waals surface area contributed by atoms with Gasteiger partial charge in [0.05, 0.1) is 12.5 Å². The molecule has 3 atom stereocenters. The van der Waals surface area contributed by atoms with Gasteiger partial charge in [0.15, 0.2) is 0 Å². The molecule has 0 aromatic carbocycles. The summed E-state index contributed by atoms with van der Waals surface area (Å²) in [6.45, 7) is 0.134. The summed E-state index contributed by atoms with van der Waals surface area (Å²) in [5.41, 5.74) is 0. The van der Waals surface area contributed by atoms with Crippen LogP contribution in [-0.2, 0) is 19.4 Å². The van der Waals surface area contributed by atoms with E-state index in [9.17, 15) is 9.59 Å². The van der Waals surface area contributed by atoms with Crippen LogP contribution in [0.4, 0.5) is 0 Å². The zero-order valence-electron chi connectivity index (χ0n) is 9.50. The van der Waals surface area contributed by atoms with Crippen LogP contribution in [0.3, 0.4) is 0 Å². The van der Waals surface area contributed by atoms with Crippen LogP contribution in [0.15, 0.2) is 12.2 Å². The Balaban J connectivity index is 1.62. The number of carbonyl (C=O) groups excluding carboxylic acids is 1. The maximum atomic E-state index is 11.6. The van der Waals surface area contributed by atoms with E-state index in [1.54, 1.807) is 0 Å². The van der Waals surface area contributed by atoms with Crippen molar-refractivity contribution in [3.8, 4) is 0 Å².